The quantitative estimate of drug-likeness (QED) is 0.725. The van der Waals surface area contributed by atoms with Gasteiger partial charge < -0.3 is 19.5 Å². The first-order valence-electron chi connectivity index (χ1n) is 10.6. The third kappa shape index (κ3) is 3.33. The van der Waals surface area contributed by atoms with Gasteiger partial charge in [-0.1, -0.05) is 18.2 Å². The zero-order valence-corrected chi connectivity index (χ0v) is 17.5. The van der Waals surface area contributed by atoms with Crippen LogP contribution >= 0.6 is 0 Å². The normalized spacial score (nSPS) is 19.1. The van der Waals surface area contributed by atoms with Crippen LogP contribution in [0, 0.1) is 13.8 Å². The van der Waals surface area contributed by atoms with Gasteiger partial charge >= 0.3 is 0 Å². The molecule has 0 saturated carbocycles. The topological polar surface area (TPSA) is 74.3 Å². The van der Waals surface area contributed by atoms with Gasteiger partial charge in [-0.05, 0) is 31.5 Å². The molecule has 2 aromatic heterocycles. The summed E-state index contributed by atoms with van der Waals surface area (Å²) in [6.45, 7) is 7.22. The Balaban J connectivity index is 1.31. The van der Waals surface area contributed by atoms with E-state index in [1.165, 1.54) is 5.39 Å². The average molecular weight is 406 g/mol. The number of hydrogen-bond donors (Lipinski definition) is 1. The molecule has 0 bridgehead atoms. The highest BCUT2D eigenvalue weighted by Crippen LogP contribution is 2.33. The average Bonchev–Trinajstić information content (AvgIpc) is 3.14. The summed E-state index contributed by atoms with van der Waals surface area (Å²) in [5.41, 5.74) is 3.46. The molecule has 7 heteroatoms. The second-order valence-corrected chi connectivity index (χ2v) is 8.37. The van der Waals surface area contributed by atoms with Crippen molar-refractivity contribution in [3.05, 3.63) is 53.5 Å². The number of amides is 1. The number of aromatic amines is 1. The molecule has 0 aliphatic carbocycles. The second kappa shape index (κ2) is 7.40. The largest absolute Gasteiger partial charge is 0.363 e. The van der Waals surface area contributed by atoms with Crippen LogP contribution in [0.3, 0.4) is 0 Å². The van der Waals surface area contributed by atoms with Crippen molar-refractivity contribution in [3.63, 3.8) is 0 Å². The lowest BCUT2D eigenvalue weighted by Crippen LogP contribution is -2.60. The molecule has 2 aliphatic rings. The van der Waals surface area contributed by atoms with Crippen LogP contribution in [0.2, 0.25) is 0 Å². The van der Waals surface area contributed by atoms with E-state index in [-0.39, 0.29) is 5.91 Å². The molecule has 4 heterocycles. The minimum atomic E-state index is -0.722. The minimum Gasteiger partial charge on any atom is -0.363 e. The third-order valence-corrected chi connectivity index (χ3v) is 6.28. The maximum Gasteiger partial charge on any atom is 0.255 e. The molecule has 1 aromatic carbocycles. The highest BCUT2D eigenvalue weighted by Gasteiger charge is 2.47. The molecule has 156 valence electrons. The van der Waals surface area contributed by atoms with Crippen LogP contribution in [0.5, 0.6) is 0 Å². The van der Waals surface area contributed by atoms with Crippen molar-refractivity contribution in [2.45, 2.75) is 38.8 Å². The first kappa shape index (κ1) is 19.1. The van der Waals surface area contributed by atoms with Crippen LogP contribution in [0.1, 0.15) is 29.8 Å². The standard InChI is InChI=1S/C23H27N5O2/c1-16-13-17(2)26-22(25-16)27-9-7-23(8-10-27)21(29)28(11-12-30-23)15-18-14-24-20-6-4-3-5-19(18)20/h3-6,13-14,24H,7-12,15H2,1-2H3. The lowest BCUT2D eigenvalue weighted by Gasteiger charge is -2.46. The zero-order chi connectivity index (χ0) is 20.7. The van der Waals surface area contributed by atoms with Gasteiger partial charge in [0.25, 0.3) is 5.91 Å². The molecular formula is C23H27N5O2. The molecular weight excluding hydrogens is 378 g/mol. The molecule has 2 fully saturated rings. The lowest BCUT2D eigenvalue weighted by atomic mass is 9.88. The monoisotopic (exact) mass is 405 g/mol. The van der Waals surface area contributed by atoms with Gasteiger partial charge in [-0.25, -0.2) is 9.97 Å². The predicted octanol–water partition coefficient (Wildman–Crippen LogP) is 2.97. The van der Waals surface area contributed by atoms with Crippen LogP contribution < -0.4 is 4.90 Å². The smallest absolute Gasteiger partial charge is 0.255 e. The number of para-hydroxylation sites is 1. The van der Waals surface area contributed by atoms with Crippen LogP contribution in [-0.2, 0) is 16.1 Å². The van der Waals surface area contributed by atoms with Crippen LogP contribution in [0.15, 0.2) is 36.5 Å². The molecule has 2 aliphatic heterocycles. The van der Waals surface area contributed by atoms with E-state index in [2.05, 4.69) is 32.0 Å². The fourth-order valence-corrected chi connectivity index (χ4v) is 4.70. The van der Waals surface area contributed by atoms with E-state index in [4.69, 9.17) is 4.74 Å². The summed E-state index contributed by atoms with van der Waals surface area (Å²) in [5.74, 6) is 0.862. The summed E-state index contributed by atoms with van der Waals surface area (Å²) in [7, 11) is 0. The predicted molar refractivity (Wildman–Crippen MR) is 115 cm³/mol. The summed E-state index contributed by atoms with van der Waals surface area (Å²) in [5, 5.41) is 1.17. The lowest BCUT2D eigenvalue weighted by molar-refractivity contribution is -0.176. The summed E-state index contributed by atoms with van der Waals surface area (Å²) >= 11 is 0. The van der Waals surface area contributed by atoms with Gasteiger partial charge in [0.1, 0.15) is 5.60 Å². The summed E-state index contributed by atoms with van der Waals surface area (Å²) in [6.07, 6.45) is 3.33. The van der Waals surface area contributed by atoms with Crippen LogP contribution in [0.25, 0.3) is 10.9 Å². The molecule has 7 nitrogen and oxygen atoms in total. The van der Waals surface area contributed by atoms with Crippen molar-refractivity contribution < 1.29 is 9.53 Å². The number of hydrogen-bond acceptors (Lipinski definition) is 5. The number of fused-ring (bicyclic) bond motifs is 1. The fourth-order valence-electron chi connectivity index (χ4n) is 4.70. The third-order valence-electron chi connectivity index (χ3n) is 6.28. The Morgan fingerprint density at radius 3 is 2.60 bits per heavy atom. The Hall–Kier alpha value is -2.93. The molecule has 5 rings (SSSR count). The number of piperidine rings is 1. The van der Waals surface area contributed by atoms with Gasteiger partial charge in [-0.2, -0.15) is 0 Å². The number of morpholine rings is 1. The Kier molecular flexibility index (Phi) is 4.70. The molecule has 2 saturated heterocycles. The highest BCUT2D eigenvalue weighted by atomic mass is 16.5. The van der Waals surface area contributed by atoms with E-state index in [1.54, 1.807) is 0 Å². The molecule has 1 spiro atoms. The number of anilines is 1. The van der Waals surface area contributed by atoms with Crippen LogP contribution in [-0.4, -0.2) is 57.6 Å². The summed E-state index contributed by atoms with van der Waals surface area (Å²) in [4.78, 5) is 30.0. The van der Waals surface area contributed by atoms with Gasteiger partial charge in [-0.15, -0.1) is 0 Å². The number of carbonyl (C=O) groups is 1. The number of nitrogens with one attached hydrogen (secondary N) is 1. The minimum absolute atomic E-state index is 0.111. The maximum atomic E-state index is 13.5. The van der Waals surface area contributed by atoms with Crippen LogP contribution in [0.4, 0.5) is 5.95 Å². The molecule has 30 heavy (non-hydrogen) atoms. The van der Waals surface area contributed by atoms with E-state index >= 15 is 0 Å². The fraction of sp³-hybridized carbons (Fsp3) is 0.435. The SMILES string of the molecule is Cc1cc(C)nc(N2CCC3(CC2)OCCN(Cc2c[nH]c4ccccc24)C3=O)n1. The van der Waals surface area contributed by atoms with Gasteiger partial charge in [0.15, 0.2) is 0 Å². The molecule has 1 N–H and O–H groups in total. The van der Waals surface area contributed by atoms with E-state index in [0.717, 1.165) is 41.5 Å². The Labute approximate surface area is 176 Å². The number of benzene rings is 1. The van der Waals surface area contributed by atoms with Crippen molar-refractivity contribution in [2.75, 3.05) is 31.1 Å². The summed E-state index contributed by atoms with van der Waals surface area (Å²) < 4.78 is 6.12. The van der Waals surface area contributed by atoms with Gasteiger partial charge in [-0.3, -0.25) is 4.79 Å². The first-order chi connectivity index (χ1) is 14.5. The molecule has 1 amide bonds. The Bertz CT molecular complexity index is 1060. The number of carbonyl (C=O) groups excluding carboxylic acids is 1. The maximum absolute atomic E-state index is 13.5. The molecule has 0 atom stereocenters. The zero-order valence-electron chi connectivity index (χ0n) is 17.5. The highest BCUT2D eigenvalue weighted by molar-refractivity contribution is 5.88. The van der Waals surface area contributed by atoms with E-state index in [1.807, 2.05) is 43.1 Å². The second-order valence-electron chi connectivity index (χ2n) is 8.37. The number of ether oxygens (including phenoxy) is 1. The Morgan fingerprint density at radius 2 is 1.83 bits per heavy atom. The van der Waals surface area contributed by atoms with E-state index in [0.29, 0.717) is 32.5 Å². The number of nitrogens with zero attached hydrogens (tertiary/aromatic N) is 4. The van der Waals surface area contributed by atoms with Gasteiger partial charge in [0.05, 0.1) is 6.61 Å². The van der Waals surface area contributed by atoms with E-state index in [9.17, 15) is 4.79 Å². The van der Waals surface area contributed by atoms with Gasteiger partial charge in [0.2, 0.25) is 5.95 Å². The van der Waals surface area contributed by atoms with Crippen molar-refractivity contribution >= 4 is 22.8 Å². The van der Waals surface area contributed by atoms with Crippen molar-refractivity contribution in [1.82, 2.24) is 19.9 Å². The summed E-state index contributed by atoms with van der Waals surface area (Å²) in [6, 6.07) is 10.2. The van der Waals surface area contributed by atoms with Crippen molar-refractivity contribution in [3.8, 4) is 0 Å². The van der Waals surface area contributed by atoms with Crippen molar-refractivity contribution in [2.24, 2.45) is 0 Å². The van der Waals surface area contributed by atoms with Gasteiger partial charge in [0, 0.05) is 67.5 Å². The number of aryl methyl sites for hydroxylation is 2. The molecule has 0 radical (unpaired) electrons. The Morgan fingerprint density at radius 1 is 1.10 bits per heavy atom. The number of rotatable bonds is 3. The molecule has 3 aromatic rings. The van der Waals surface area contributed by atoms with E-state index < -0.39 is 5.60 Å². The number of aromatic nitrogens is 3. The molecule has 0 unspecified atom stereocenters. The number of H-pyrrole nitrogens is 1. The first-order valence-corrected chi connectivity index (χ1v) is 10.6. The van der Waals surface area contributed by atoms with Crippen molar-refractivity contribution in [1.29, 1.82) is 0 Å².